The van der Waals surface area contributed by atoms with Crippen molar-refractivity contribution in [3.8, 4) is 0 Å². The first-order valence-electron chi connectivity index (χ1n) is 14.1. The molecule has 0 unspecified atom stereocenters. The van der Waals surface area contributed by atoms with Gasteiger partial charge in [0.2, 0.25) is 11.1 Å². The molecule has 6 rings (SSSR count). The van der Waals surface area contributed by atoms with Gasteiger partial charge in [-0.2, -0.15) is 0 Å². The molecule has 6 aromatic rings. The Morgan fingerprint density at radius 1 is 0.755 bits per heavy atom. The van der Waals surface area contributed by atoms with Crippen LogP contribution in [0.3, 0.4) is 0 Å². The largest absolute Gasteiger partial charge is 0.481 e. The van der Waals surface area contributed by atoms with Gasteiger partial charge in [0.1, 0.15) is 28.5 Å². The van der Waals surface area contributed by atoms with Crippen LogP contribution in [0.5, 0.6) is 0 Å². The van der Waals surface area contributed by atoms with Crippen molar-refractivity contribution in [3.05, 3.63) is 105 Å². The van der Waals surface area contributed by atoms with Gasteiger partial charge in [-0.05, 0) is 116 Å². The second kappa shape index (κ2) is 22.5. The molecule has 0 aliphatic rings. The van der Waals surface area contributed by atoms with E-state index < -0.39 is 17.0 Å². The highest BCUT2D eigenvalue weighted by molar-refractivity contribution is 6.67. The lowest BCUT2D eigenvalue weighted by Crippen LogP contribution is -2.14. The summed E-state index contributed by atoms with van der Waals surface area (Å²) in [5.41, 5.74) is 11.9. The van der Waals surface area contributed by atoms with Crippen molar-refractivity contribution in [1.29, 1.82) is 0 Å². The number of carboxylic acid groups (broad SMARTS) is 1. The monoisotopic (exact) mass is 834 g/mol. The number of nitrogens with zero attached hydrogens (tertiary/aromatic N) is 4. The third kappa shape index (κ3) is 14.7. The molecule has 0 atom stereocenters. The lowest BCUT2D eigenvalue weighted by Gasteiger charge is -2.11. The van der Waals surface area contributed by atoms with Gasteiger partial charge < -0.3 is 16.2 Å². The highest BCUT2D eigenvalue weighted by Crippen LogP contribution is 2.29. The quantitative estimate of drug-likeness (QED) is 0.0790. The summed E-state index contributed by atoms with van der Waals surface area (Å²) in [6.45, 7) is 1.08. The number of rotatable bonds is 7. The van der Waals surface area contributed by atoms with Crippen LogP contribution >= 0.6 is 58.0 Å². The summed E-state index contributed by atoms with van der Waals surface area (Å²) in [5.74, 6) is -2.32. The summed E-state index contributed by atoms with van der Waals surface area (Å²) in [4.78, 5) is 30.1. The fourth-order valence-electron chi connectivity index (χ4n) is 4.29. The molecular weight excluding hydrogens is 804 g/mol. The van der Waals surface area contributed by atoms with E-state index in [9.17, 15) is 18.4 Å². The molecule has 12 nitrogen and oxygen atoms in total. The van der Waals surface area contributed by atoms with Crippen molar-refractivity contribution >= 4 is 109 Å². The van der Waals surface area contributed by atoms with Crippen LogP contribution in [0.25, 0.3) is 22.1 Å². The number of carboxylic acids is 1. The van der Waals surface area contributed by atoms with Gasteiger partial charge in [-0.25, -0.2) is 18.0 Å². The normalized spacial score (nSPS) is 9.89. The Morgan fingerprint density at radius 3 is 1.64 bits per heavy atom. The molecule has 53 heavy (non-hydrogen) atoms. The maximum Gasteiger partial charge on any atom is 0.300 e. The van der Waals surface area contributed by atoms with E-state index in [2.05, 4.69) is 30.6 Å². The van der Waals surface area contributed by atoms with Crippen molar-refractivity contribution in [2.24, 2.45) is 0 Å². The fraction of sp³-hybridized carbons (Fsp3) is 0.206. The van der Waals surface area contributed by atoms with E-state index in [0.717, 1.165) is 18.1 Å². The third-order valence-corrected chi connectivity index (χ3v) is 7.39. The summed E-state index contributed by atoms with van der Waals surface area (Å²) in [7, 11) is 0. The number of carbonyl (C=O) groups is 3. The number of nitrogen functional groups attached to an aromatic ring is 1. The number of nitrogens with two attached hydrogens (primary N) is 1. The number of aliphatic carboxylic acids is 1. The highest BCUT2D eigenvalue weighted by atomic mass is 35.5. The van der Waals surface area contributed by atoms with Gasteiger partial charge in [0.15, 0.2) is 11.0 Å². The molecular formula is C34H33Cl5F2N6O6. The van der Waals surface area contributed by atoms with Crippen LogP contribution in [0, 0.1) is 11.6 Å². The van der Waals surface area contributed by atoms with Crippen molar-refractivity contribution in [3.63, 3.8) is 0 Å². The number of hydrogen-bond donors (Lipinski definition) is 3. The van der Waals surface area contributed by atoms with Crippen LogP contribution in [-0.2, 0) is 27.2 Å². The Kier molecular flexibility index (Phi) is 19.7. The number of aromatic nitrogens is 4. The fourth-order valence-corrected chi connectivity index (χ4v) is 4.84. The van der Waals surface area contributed by atoms with Gasteiger partial charge in [-0.1, -0.05) is 50.2 Å². The Morgan fingerprint density at radius 2 is 1.19 bits per heavy atom. The van der Waals surface area contributed by atoms with Gasteiger partial charge in [-0.3, -0.25) is 14.4 Å². The molecule has 2 aromatic heterocycles. The molecule has 0 aliphatic heterocycles. The summed E-state index contributed by atoms with van der Waals surface area (Å²) < 4.78 is 36.1. The van der Waals surface area contributed by atoms with Gasteiger partial charge in [-0.15, -0.1) is 23.2 Å². The third-order valence-electron chi connectivity index (χ3n) is 6.20. The molecule has 4 aromatic carbocycles. The Balaban J connectivity index is 0.000000423. The van der Waals surface area contributed by atoms with Gasteiger partial charge in [0.05, 0.1) is 17.3 Å². The molecule has 19 heteroatoms. The van der Waals surface area contributed by atoms with Gasteiger partial charge >= 0.3 is 0 Å². The molecule has 1 amide bonds. The molecule has 0 radical (unpaired) electrons. The minimum atomic E-state index is -0.833. The first-order valence-corrected chi connectivity index (χ1v) is 16.3. The summed E-state index contributed by atoms with van der Waals surface area (Å²) in [6, 6.07) is 15.7. The maximum absolute atomic E-state index is 13.5. The second-order valence-corrected chi connectivity index (χ2v) is 11.9. The number of carbonyl (C=O) groups excluding carboxylic acids is 2. The average Bonchev–Trinajstić information content (AvgIpc) is 3.73. The van der Waals surface area contributed by atoms with Gasteiger partial charge in [0, 0.05) is 17.0 Å². The molecule has 2 heterocycles. The minimum absolute atomic E-state index is 0. The maximum atomic E-state index is 13.5. The number of amides is 1. The second-order valence-electron chi connectivity index (χ2n) is 10.1. The van der Waals surface area contributed by atoms with Crippen LogP contribution in [0.4, 0.5) is 20.2 Å². The zero-order valence-electron chi connectivity index (χ0n) is 26.1. The summed E-state index contributed by atoms with van der Waals surface area (Å²) in [6.07, 6.45) is 0.810. The molecule has 284 valence electrons. The van der Waals surface area contributed by atoms with Crippen LogP contribution < -0.4 is 11.1 Å². The SMILES string of the molecule is C.C.CC(=O)O.Nc1c(Cc2cc(F)cc(Cl)c2)ccc2nonc12.O=C(CCl)Nc1c(Cc2cc(F)cc(Cl)c2)ccc2nonc12.O=C(Cl)CCl. The summed E-state index contributed by atoms with van der Waals surface area (Å²) in [5, 5.41) is 25.2. The number of benzene rings is 4. The molecule has 0 spiro atoms. The average molecular weight is 837 g/mol. The van der Waals surface area contributed by atoms with Gasteiger partial charge in [0.25, 0.3) is 5.97 Å². The van der Waals surface area contributed by atoms with Crippen LogP contribution in [0.15, 0.2) is 69.9 Å². The molecule has 0 saturated heterocycles. The highest BCUT2D eigenvalue weighted by Gasteiger charge is 2.16. The molecule has 0 bridgehead atoms. The van der Waals surface area contributed by atoms with E-state index in [4.69, 9.17) is 78.3 Å². The Hall–Kier alpha value is -4.60. The summed E-state index contributed by atoms with van der Waals surface area (Å²) >= 11 is 26.8. The number of anilines is 2. The lowest BCUT2D eigenvalue weighted by molar-refractivity contribution is -0.134. The van der Waals surface area contributed by atoms with E-state index in [1.807, 2.05) is 6.07 Å². The Labute approximate surface area is 327 Å². The minimum Gasteiger partial charge on any atom is -0.481 e. The van der Waals surface area contributed by atoms with E-state index in [1.54, 1.807) is 30.3 Å². The Bertz CT molecular complexity index is 2110. The van der Waals surface area contributed by atoms with Crippen LogP contribution in [0.2, 0.25) is 10.0 Å². The van der Waals surface area contributed by atoms with Crippen molar-refractivity contribution in [1.82, 2.24) is 20.6 Å². The predicted octanol–water partition coefficient (Wildman–Crippen LogP) is 9.33. The number of alkyl halides is 2. The van der Waals surface area contributed by atoms with E-state index >= 15 is 0 Å². The molecule has 0 fully saturated rings. The number of halogens is 7. The first-order chi connectivity index (χ1) is 24.2. The van der Waals surface area contributed by atoms with E-state index in [0.29, 0.717) is 67.5 Å². The zero-order chi connectivity index (χ0) is 37.7. The molecule has 0 aliphatic carbocycles. The number of hydrogen-bond acceptors (Lipinski definition) is 10. The number of nitrogens with one attached hydrogen (secondary N) is 1. The zero-order valence-corrected chi connectivity index (χ0v) is 29.9. The van der Waals surface area contributed by atoms with Crippen LogP contribution in [-0.4, -0.2) is 54.6 Å². The topological polar surface area (TPSA) is 187 Å². The molecule has 4 N–H and O–H groups in total. The lowest BCUT2D eigenvalue weighted by atomic mass is 10.0. The van der Waals surface area contributed by atoms with Crippen molar-refractivity contribution in [2.45, 2.75) is 34.6 Å². The van der Waals surface area contributed by atoms with Crippen molar-refractivity contribution in [2.75, 3.05) is 22.8 Å². The van der Waals surface area contributed by atoms with Crippen molar-refractivity contribution < 1.29 is 37.5 Å². The predicted molar refractivity (Wildman–Crippen MR) is 204 cm³/mol. The standard InChI is InChI=1S/C15H10Cl2FN3O2.C13H9ClFN3O.C2H2Cl2O.C2H4O2.2CH4/c16-7-13(22)19-14-9(1-2-12-15(14)21-23-20-12)3-8-4-10(17)6-11(18)5-8;14-9-4-7(5-10(15)6-9)3-8-1-2-11-13(12(8)16)18-19-17-11;3-1-2(4)5;1-2(3)4;;/h1-2,4-6H,3,7H2,(H,19,22);1-2,4-6H,3,16H2;1H2;1H3,(H,3,4);2*1H4. The van der Waals surface area contributed by atoms with E-state index in [-0.39, 0.29) is 38.3 Å². The van der Waals surface area contributed by atoms with E-state index in [1.165, 1.54) is 24.3 Å². The first kappa shape index (κ1) is 46.4. The molecule has 0 saturated carbocycles. The smallest absolute Gasteiger partial charge is 0.300 e. The van der Waals surface area contributed by atoms with Crippen LogP contribution in [0.1, 0.15) is 44.0 Å². The number of fused-ring (bicyclic) bond motifs is 2.